The van der Waals surface area contributed by atoms with Gasteiger partial charge in [-0.1, -0.05) is 6.42 Å². The first-order valence-electron chi connectivity index (χ1n) is 7.60. The second kappa shape index (κ2) is 3.90. The van der Waals surface area contributed by atoms with Gasteiger partial charge >= 0.3 is 0 Å². The van der Waals surface area contributed by atoms with Crippen molar-refractivity contribution >= 4 is 11.8 Å². The van der Waals surface area contributed by atoms with E-state index in [9.17, 15) is 0 Å². The Morgan fingerprint density at radius 3 is 2.71 bits per heavy atom. The summed E-state index contributed by atoms with van der Waals surface area (Å²) in [6.07, 6.45) is 12.9. The molecule has 96 valence electrons. The van der Waals surface area contributed by atoms with E-state index in [2.05, 4.69) is 23.3 Å². The van der Waals surface area contributed by atoms with Crippen molar-refractivity contribution in [1.82, 2.24) is 5.32 Å². The van der Waals surface area contributed by atoms with Crippen LogP contribution < -0.4 is 5.32 Å². The number of hydrogen-bond acceptors (Lipinski definition) is 2. The van der Waals surface area contributed by atoms with Crippen LogP contribution in [0.3, 0.4) is 0 Å². The SMILES string of the molecule is CSC1(CNC2CC3CC2C2CCCC32)CC1. The highest BCUT2D eigenvalue weighted by Gasteiger charge is 2.54. The first-order chi connectivity index (χ1) is 8.31. The van der Waals surface area contributed by atoms with Crippen LogP contribution in [0.15, 0.2) is 0 Å². The van der Waals surface area contributed by atoms with E-state index >= 15 is 0 Å². The molecular weight excluding hydrogens is 226 g/mol. The second-order valence-electron chi connectivity index (χ2n) is 7.03. The van der Waals surface area contributed by atoms with E-state index in [1.807, 2.05) is 0 Å². The van der Waals surface area contributed by atoms with Crippen molar-refractivity contribution in [3.63, 3.8) is 0 Å². The van der Waals surface area contributed by atoms with Gasteiger partial charge in [0.05, 0.1) is 0 Å². The molecule has 0 radical (unpaired) electrons. The van der Waals surface area contributed by atoms with E-state index < -0.39 is 0 Å². The summed E-state index contributed by atoms with van der Waals surface area (Å²) >= 11 is 2.10. The Morgan fingerprint density at radius 2 is 1.94 bits per heavy atom. The van der Waals surface area contributed by atoms with Crippen molar-refractivity contribution < 1.29 is 0 Å². The topological polar surface area (TPSA) is 12.0 Å². The fourth-order valence-corrected chi connectivity index (χ4v) is 5.95. The van der Waals surface area contributed by atoms with Crippen LogP contribution in [0.5, 0.6) is 0 Å². The smallest absolute Gasteiger partial charge is 0.0282 e. The summed E-state index contributed by atoms with van der Waals surface area (Å²) in [5, 5.41) is 3.96. The Hall–Kier alpha value is 0.310. The summed E-state index contributed by atoms with van der Waals surface area (Å²) in [5.41, 5.74) is 0. The van der Waals surface area contributed by atoms with E-state index in [0.29, 0.717) is 4.75 Å². The lowest BCUT2D eigenvalue weighted by Gasteiger charge is -2.33. The van der Waals surface area contributed by atoms with Crippen LogP contribution in [0.4, 0.5) is 0 Å². The van der Waals surface area contributed by atoms with Crippen LogP contribution in [0.1, 0.15) is 44.9 Å². The van der Waals surface area contributed by atoms with Crippen molar-refractivity contribution in [3.05, 3.63) is 0 Å². The molecule has 17 heavy (non-hydrogen) atoms. The van der Waals surface area contributed by atoms with Crippen LogP contribution in [0, 0.1) is 23.7 Å². The monoisotopic (exact) mass is 251 g/mol. The van der Waals surface area contributed by atoms with Gasteiger partial charge in [-0.2, -0.15) is 11.8 Å². The van der Waals surface area contributed by atoms with Gasteiger partial charge in [0.25, 0.3) is 0 Å². The molecule has 1 nitrogen and oxygen atoms in total. The van der Waals surface area contributed by atoms with Crippen molar-refractivity contribution in [2.24, 2.45) is 23.7 Å². The summed E-state index contributed by atoms with van der Waals surface area (Å²) in [6.45, 7) is 1.29. The number of nitrogens with one attached hydrogen (secondary N) is 1. The Morgan fingerprint density at radius 1 is 1.12 bits per heavy atom. The molecule has 4 rings (SSSR count). The number of rotatable bonds is 4. The van der Waals surface area contributed by atoms with Crippen molar-refractivity contribution in [2.75, 3.05) is 12.8 Å². The Labute approximate surface area is 109 Å². The van der Waals surface area contributed by atoms with Gasteiger partial charge in [0.15, 0.2) is 0 Å². The van der Waals surface area contributed by atoms with Gasteiger partial charge in [0.1, 0.15) is 0 Å². The van der Waals surface area contributed by atoms with Gasteiger partial charge in [0.2, 0.25) is 0 Å². The zero-order valence-electron chi connectivity index (χ0n) is 11.0. The van der Waals surface area contributed by atoms with E-state index in [1.165, 1.54) is 32.2 Å². The van der Waals surface area contributed by atoms with E-state index in [0.717, 1.165) is 29.7 Å². The van der Waals surface area contributed by atoms with Crippen LogP contribution in [0.25, 0.3) is 0 Å². The molecule has 0 aromatic heterocycles. The lowest BCUT2D eigenvalue weighted by Crippen LogP contribution is -2.42. The minimum absolute atomic E-state index is 0.650. The summed E-state index contributed by atoms with van der Waals surface area (Å²) in [5.74, 6) is 4.43. The molecule has 2 bridgehead atoms. The van der Waals surface area contributed by atoms with Crippen molar-refractivity contribution in [3.8, 4) is 0 Å². The predicted octanol–water partition coefficient (Wildman–Crippen LogP) is 3.30. The number of thioether (sulfide) groups is 1. The highest BCUT2D eigenvalue weighted by molar-refractivity contribution is 8.00. The minimum Gasteiger partial charge on any atom is -0.312 e. The van der Waals surface area contributed by atoms with Crippen LogP contribution in [-0.2, 0) is 0 Å². The summed E-state index contributed by atoms with van der Waals surface area (Å²) in [6, 6.07) is 0.893. The molecule has 0 spiro atoms. The highest BCUT2D eigenvalue weighted by atomic mass is 32.2. The number of fused-ring (bicyclic) bond motifs is 5. The maximum absolute atomic E-state index is 3.96. The van der Waals surface area contributed by atoms with Crippen LogP contribution in [-0.4, -0.2) is 23.6 Å². The molecule has 0 aliphatic heterocycles. The third-order valence-corrected chi connectivity index (χ3v) is 7.77. The molecule has 4 aliphatic carbocycles. The maximum Gasteiger partial charge on any atom is 0.0282 e. The quantitative estimate of drug-likeness (QED) is 0.823. The lowest BCUT2D eigenvalue weighted by molar-refractivity contribution is 0.209. The molecule has 1 N–H and O–H groups in total. The zero-order chi connectivity index (χ0) is 11.5. The second-order valence-corrected chi connectivity index (χ2v) is 8.30. The fraction of sp³-hybridized carbons (Fsp3) is 1.00. The van der Waals surface area contributed by atoms with E-state index in [1.54, 1.807) is 19.3 Å². The third kappa shape index (κ3) is 1.70. The Bertz CT molecular complexity index is 312. The first kappa shape index (κ1) is 11.2. The average molecular weight is 251 g/mol. The molecular formula is C15H25NS. The average Bonchev–Trinajstić information content (AvgIpc) is 2.74. The fourth-order valence-electron chi connectivity index (χ4n) is 5.21. The van der Waals surface area contributed by atoms with Gasteiger partial charge in [-0.25, -0.2) is 0 Å². The molecule has 4 fully saturated rings. The highest BCUT2D eigenvalue weighted by Crippen LogP contribution is 2.59. The summed E-state index contributed by atoms with van der Waals surface area (Å²) < 4.78 is 0.650. The summed E-state index contributed by atoms with van der Waals surface area (Å²) in [4.78, 5) is 0. The molecule has 5 unspecified atom stereocenters. The van der Waals surface area contributed by atoms with E-state index in [-0.39, 0.29) is 0 Å². The van der Waals surface area contributed by atoms with Crippen molar-refractivity contribution in [2.45, 2.75) is 55.7 Å². The standard InChI is InChI=1S/C15H25NS/c1-17-15(5-6-15)9-16-14-8-10-7-13(14)12-4-2-3-11(10)12/h10-14,16H,2-9H2,1H3. The van der Waals surface area contributed by atoms with E-state index in [4.69, 9.17) is 0 Å². The largest absolute Gasteiger partial charge is 0.312 e. The summed E-state index contributed by atoms with van der Waals surface area (Å²) in [7, 11) is 0. The third-order valence-electron chi connectivity index (χ3n) is 6.36. The molecule has 4 aliphatic rings. The molecule has 5 atom stereocenters. The zero-order valence-corrected chi connectivity index (χ0v) is 11.8. The Kier molecular flexibility index (Phi) is 2.56. The van der Waals surface area contributed by atoms with Gasteiger partial charge in [-0.3, -0.25) is 0 Å². The first-order valence-corrected chi connectivity index (χ1v) is 8.82. The molecule has 0 saturated heterocycles. The van der Waals surface area contributed by atoms with Crippen LogP contribution in [0.2, 0.25) is 0 Å². The lowest BCUT2D eigenvalue weighted by atomic mass is 9.79. The van der Waals surface area contributed by atoms with Gasteiger partial charge in [0, 0.05) is 17.3 Å². The van der Waals surface area contributed by atoms with Gasteiger partial charge < -0.3 is 5.32 Å². The maximum atomic E-state index is 3.96. The molecule has 4 saturated carbocycles. The van der Waals surface area contributed by atoms with Gasteiger partial charge in [-0.15, -0.1) is 0 Å². The molecule has 0 aromatic rings. The van der Waals surface area contributed by atoms with Crippen LogP contribution >= 0.6 is 11.8 Å². The molecule has 0 heterocycles. The van der Waals surface area contributed by atoms with Crippen molar-refractivity contribution in [1.29, 1.82) is 0 Å². The predicted molar refractivity (Wildman–Crippen MR) is 74.3 cm³/mol. The Balaban J connectivity index is 1.38. The molecule has 0 amide bonds. The number of hydrogen-bond donors (Lipinski definition) is 1. The normalized spacial score (nSPS) is 49.6. The molecule has 2 heteroatoms. The molecule has 0 aromatic carbocycles. The van der Waals surface area contributed by atoms with Gasteiger partial charge in [-0.05, 0) is 68.5 Å². The minimum atomic E-state index is 0.650.